The number of allylic oxidation sites excluding steroid dienone is 2. The second kappa shape index (κ2) is 7.31. The molecule has 0 saturated heterocycles. The van der Waals surface area contributed by atoms with Crippen molar-refractivity contribution in [1.29, 1.82) is 5.41 Å². The van der Waals surface area contributed by atoms with E-state index < -0.39 is 15.7 Å². The fraction of sp³-hybridized carbons (Fsp3) is 0.250. The van der Waals surface area contributed by atoms with Crippen LogP contribution in [0.15, 0.2) is 56.7 Å². The van der Waals surface area contributed by atoms with Gasteiger partial charge < -0.3 is 5.32 Å². The highest BCUT2D eigenvalue weighted by Crippen LogP contribution is 2.28. The van der Waals surface area contributed by atoms with Crippen LogP contribution in [-0.4, -0.2) is 24.9 Å². The summed E-state index contributed by atoms with van der Waals surface area (Å²) in [5, 5.41) is 11.0. The lowest BCUT2D eigenvalue weighted by Gasteiger charge is -2.18. The average Bonchev–Trinajstić information content (AvgIpc) is 2.46. The van der Waals surface area contributed by atoms with E-state index in [4.69, 9.17) is 5.41 Å². The molecule has 2 rings (SSSR count). The number of rotatable bonds is 4. The topological polar surface area (TPSA) is 82.4 Å². The van der Waals surface area contributed by atoms with Crippen LogP contribution in [0.2, 0.25) is 0 Å². The van der Waals surface area contributed by atoms with Gasteiger partial charge in [0.05, 0.1) is 4.90 Å². The molecule has 128 valence electrons. The SMILES string of the molecule is CCSC(=N)/C(=C1/N=C(C)C=C(C)N1)S(=O)(=O)c1ccc(F)cc1. The molecular weight excluding hydrogens is 349 g/mol. The standard InChI is InChI=1S/C16H18FN3O2S2/c1-4-23-15(18)14(16-19-10(2)9-11(3)20-16)24(21,22)13-7-5-12(17)6-8-13/h5-9,18-19H,4H2,1-3H3/b16-14-,18-15?. The Labute approximate surface area is 145 Å². The molecular formula is C16H18FN3O2S2. The Morgan fingerprint density at radius 3 is 2.46 bits per heavy atom. The fourth-order valence-corrected chi connectivity index (χ4v) is 4.53. The van der Waals surface area contributed by atoms with E-state index in [1.807, 2.05) is 6.92 Å². The Morgan fingerprint density at radius 1 is 1.29 bits per heavy atom. The number of aliphatic imine (C=N–C) groups is 1. The quantitative estimate of drug-likeness (QED) is 0.485. The highest BCUT2D eigenvalue weighted by Gasteiger charge is 2.29. The molecule has 5 nitrogen and oxygen atoms in total. The van der Waals surface area contributed by atoms with Crippen molar-refractivity contribution < 1.29 is 12.8 Å². The summed E-state index contributed by atoms with van der Waals surface area (Å²) in [7, 11) is -4.01. The Bertz CT molecular complexity index is 854. The van der Waals surface area contributed by atoms with Crippen molar-refractivity contribution in [1.82, 2.24) is 5.32 Å². The van der Waals surface area contributed by atoms with E-state index >= 15 is 0 Å². The normalized spacial score (nSPS) is 16.8. The van der Waals surface area contributed by atoms with Gasteiger partial charge in [-0.05, 0) is 49.9 Å². The maximum Gasteiger partial charge on any atom is 0.212 e. The minimum Gasteiger partial charge on any atom is -0.343 e. The van der Waals surface area contributed by atoms with Crippen LogP contribution in [0.25, 0.3) is 0 Å². The van der Waals surface area contributed by atoms with Crippen LogP contribution in [-0.2, 0) is 9.84 Å². The van der Waals surface area contributed by atoms with Gasteiger partial charge in [0.2, 0.25) is 9.84 Å². The molecule has 8 heteroatoms. The Balaban J connectivity index is 2.66. The van der Waals surface area contributed by atoms with Crippen LogP contribution < -0.4 is 5.32 Å². The molecule has 0 spiro atoms. The molecule has 2 N–H and O–H groups in total. The predicted octanol–water partition coefficient (Wildman–Crippen LogP) is 3.47. The molecule has 1 aromatic rings. The van der Waals surface area contributed by atoms with Crippen LogP contribution in [0.1, 0.15) is 20.8 Å². The van der Waals surface area contributed by atoms with Crippen LogP contribution >= 0.6 is 11.8 Å². The van der Waals surface area contributed by atoms with Gasteiger partial charge >= 0.3 is 0 Å². The number of halogens is 1. The largest absolute Gasteiger partial charge is 0.343 e. The van der Waals surface area contributed by atoms with Crippen molar-refractivity contribution in [3.8, 4) is 0 Å². The highest BCUT2D eigenvalue weighted by molar-refractivity contribution is 8.16. The van der Waals surface area contributed by atoms with Crippen molar-refractivity contribution in [2.45, 2.75) is 25.7 Å². The van der Waals surface area contributed by atoms with Gasteiger partial charge in [0, 0.05) is 11.4 Å². The molecule has 0 amide bonds. The van der Waals surface area contributed by atoms with Crippen LogP contribution in [0, 0.1) is 11.2 Å². The van der Waals surface area contributed by atoms with Gasteiger partial charge in [0.15, 0.2) is 5.82 Å². The number of nitrogens with zero attached hydrogens (tertiary/aromatic N) is 1. The van der Waals surface area contributed by atoms with E-state index in [2.05, 4.69) is 10.3 Å². The Hall–Kier alpha value is -1.93. The number of benzene rings is 1. The van der Waals surface area contributed by atoms with Crippen molar-refractivity contribution in [3.63, 3.8) is 0 Å². The number of hydrogen-bond acceptors (Lipinski definition) is 6. The average molecular weight is 367 g/mol. The number of nitrogens with one attached hydrogen (secondary N) is 2. The second-order valence-corrected chi connectivity index (χ2v) is 8.26. The summed E-state index contributed by atoms with van der Waals surface area (Å²) in [6, 6.07) is 4.55. The van der Waals surface area contributed by atoms with Gasteiger partial charge in [-0.15, -0.1) is 11.8 Å². The van der Waals surface area contributed by atoms with E-state index in [-0.39, 0.29) is 20.7 Å². The van der Waals surface area contributed by atoms with Crippen LogP contribution in [0.3, 0.4) is 0 Å². The first-order chi connectivity index (χ1) is 11.3. The molecule has 0 fully saturated rings. The monoisotopic (exact) mass is 367 g/mol. The van der Waals surface area contributed by atoms with Crippen molar-refractivity contribution >= 4 is 32.4 Å². The number of thioether (sulfide) groups is 1. The summed E-state index contributed by atoms with van der Waals surface area (Å²) >= 11 is 1.10. The molecule has 0 bridgehead atoms. The fourth-order valence-electron chi connectivity index (χ4n) is 2.18. The first-order valence-electron chi connectivity index (χ1n) is 7.23. The summed E-state index contributed by atoms with van der Waals surface area (Å²) in [4.78, 5) is 3.97. The van der Waals surface area contributed by atoms with Gasteiger partial charge in [0.25, 0.3) is 0 Å². The Kier molecular flexibility index (Phi) is 5.61. The third-order valence-corrected chi connectivity index (χ3v) is 5.87. The molecule has 0 aromatic heterocycles. The van der Waals surface area contributed by atoms with Crippen molar-refractivity contribution in [2.75, 3.05) is 5.75 Å². The zero-order chi connectivity index (χ0) is 17.9. The number of sulfone groups is 1. The molecule has 0 atom stereocenters. The van der Waals surface area contributed by atoms with Gasteiger partial charge in [-0.3, -0.25) is 5.41 Å². The van der Waals surface area contributed by atoms with Gasteiger partial charge in [-0.2, -0.15) is 0 Å². The van der Waals surface area contributed by atoms with Crippen molar-refractivity contribution in [2.24, 2.45) is 4.99 Å². The first kappa shape index (κ1) is 18.4. The van der Waals surface area contributed by atoms with Gasteiger partial charge in [-0.1, -0.05) is 6.92 Å². The van der Waals surface area contributed by atoms with Gasteiger partial charge in [0.1, 0.15) is 15.8 Å². The van der Waals surface area contributed by atoms with Crippen molar-refractivity contribution in [3.05, 3.63) is 52.6 Å². The van der Waals surface area contributed by atoms with E-state index in [0.717, 1.165) is 29.6 Å². The summed E-state index contributed by atoms with van der Waals surface area (Å²) < 4.78 is 39.1. The lowest BCUT2D eigenvalue weighted by atomic mass is 10.3. The maximum absolute atomic E-state index is 13.1. The molecule has 1 aliphatic rings. The zero-order valence-corrected chi connectivity index (χ0v) is 15.2. The van der Waals surface area contributed by atoms with Gasteiger partial charge in [-0.25, -0.2) is 17.8 Å². The third-order valence-electron chi connectivity index (χ3n) is 3.13. The van der Waals surface area contributed by atoms with Crippen LogP contribution in [0.5, 0.6) is 0 Å². The minimum atomic E-state index is -4.01. The van der Waals surface area contributed by atoms with E-state index in [9.17, 15) is 12.8 Å². The summed E-state index contributed by atoms with van der Waals surface area (Å²) in [5.74, 6) is 0.138. The molecule has 0 unspecified atom stereocenters. The maximum atomic E-state index is 13.1. The Morgan fingerprint density at radius 2 is 1.92 bits per heavy atom. The predicted molar refractivity (Wildman–Crippen MR) is 96.5 cm³/mol. The lowest BCUT2D eigenvalue weighted by Crippen LogP contribution is -2.23. The third kappa shape index (κ3) is 3.93. The van der Waals surface area contributed by atoms with E-state index in [1.165, 1.54) is 12.1 Å². The first-order valence-corrected chi connectivity index (χ1v) is 9.70. The number of hydrogen-bond donors (Lipinski definition) is 2. The minimum absolute atomic E-state index is 0.0743. The summed E-state index contributed by atoms with van der Waals surface area (Å²) in [6.07, 6.45) is 1.78. The second-order valence-electron chi connectivity index (χ2n) is 5.10. The lowest BCUT2D eigenvalue weighted by molar-refractivity contribution is 0.601. The van der Waals surface area contributed by atoms with E-state index in [0.29, 0.717) is 11.5 Å². The molecule has 1 aliphatic heterocycles. The molecule has 1 aromatic carbocycles. The van der Waals surface area contributed by atoms with Crippen LogP contribution in [0.4, 0.5) is 4.39 Å². The molecule has 0 saturated carbocycles. The smallest absolute Gasteiger partial charge is 0.212 e. The molecule has 24 heavy (non-hydrogen) atoms. The summed E-state index contributed by atoms with van der Waals surface area (Å²) in [6.45, 7) is 5.37. The summed E-state index contributed by atoms with van der Waals surface area (Å²) in [5.41, 5.74) is 1.38. The van der Waals surface area contributed by atoms with E-state index in [1.54, 1.807) is 19.9 Å². The molecule has 1 heterocycles. The molecule has 0 radical (unpaired) electrons. The highest BCUT2D eigenvalue weighted by atomic mass is 32.2. The molecule has 0 aliphatic carbocycles. The zero-order valence-electron chi connectivity index (χ0n) is 13.6.